The van der Waals surface area contributed by atoms with Crippen LogP contribution in [0.3, 0.4) is 0 Å². The third-order valence-electron chi connectivity index (χ3n) is 6.34. The van der Waals surface area contributed by atoms with Gasteiger partial charge in [-0.15, -0.1) is 0 Å². The van der Waals surface area contributed by atoms with Crippen molar-refractivity contribution in [3.63, 3.8) is 0 Å². The molecular formula is C29H34N2O2. The number of nitrogens with zero attached hydrogens (tertiary/aromatic N) is 2. The first-order valence-corrected chi connectivity index (χ1v) is 11.9. The molecule has 1 atom stereocenters. The maximum Gasteiger partial charge on any atom is 0.143 e. The first kappa shape index (κ1) is 23.1. The summed E-state index contributed by atoms with van der Waals surface area (Å²) in [7, 11) is 0. The lowest BCUT2D eigenvalue weighted by atomic mass is 10.0. The van der Waals surface area contributed by atoms with Gasteiger partial charge in [0.2, 0.25) is 0 Å². The Morgan fingerprint density at radius 3 is 2.27 bits per heavy atom. The third-order valence-corrected chi connectivity index (χ3v) is 6.34. The number of imidazole rings is 1. The monoisotopic (exact) mass is 442 g/mol. The number of unbranched alkanes of at least 4 members (excludes halogenated alkanes) is 1. The van der Waals surface area contributed by atoms with Crippen LogP contribution in [-0.4, -0.2) is 21.3 Å². The summed E-state index contributed by atoms with van der Waals surface area (Å²) >= 11 is 0. The summed E-state index contributed by atoms with van der Waals surface area (Å²) in [6.07, 6.45) is 1.11. The normalized spacial score (nSPS) is 12.4. The molecule has 0 aliphatic rings. The minimum Gasteiger partial charge on any atom is -0.494 e. The molecule has 1 unspecified atom stereocenters. The largest absolute Gasteiger partial charge is 0.494 e. The first-order valence-electron chi connectivity index (χ1n) is 11.9. The van der Waals surface area contributed by atoms with Crippen LogP contribution >= 0.6 is 0 Å². The lowest BCUT2D eigenvalue weighted by Crippen LogP contribution is -2.11. The van der Waals surface area contributed by atoms with Crippen molar-refractivity contribution in [3.05, 3.63) is 94.8 Å². The van der Waals surface area contributed by atoms with Gasteiger partial charge in [0.05, 0.1) is 17.6 Å². The Hall–Kier alpha value is -3.11. The van der Waals surface area contributed by atoms with Gasteiger partial charge in [-0.05, 0) is 79.1 Å². The summed E-state index contributed by atoms with van der Waals surface area (Å²) in [5, 5.41) is 11.1. The minimum absolute atomic E-state index is 0.525. The van der Waals surface area contributed by atoms with E-state index in [0.29, 0.717) is 18.3 Å². The molecule has 0 aliphatic heterocycles. The van der Waals surface area contributed by atoms with Crippen molar-refractivity contribution in [2.75, 3.05) is 6.61 Å². The molecule has 4 rings (SSSR count). The van der Waals surface area contributed by atoms with Crippen LogP contribution in [0.4, 0.5) is 0 Å². The van der Waals surface area contributed by atoms with Crippen molar-refractivity contribution >= 4 is 11.0 Å². The topological polar surface area (TPSA) is 47.3 Å². The fourth-order valence-electron chi connectivity index (χ4n) is 4.14. The number of benzene rings is 3. The number of fused-ring (bicyclic) bond motifs is 1. The molecule has 4 aromatic rings. The third kappa shape index (κ3) is 5.28. The second-order valence-corrected chi connectivity index (χ2v) is 9.14. The number of hydrogen-bond acceptors (Lipinski definition) is 3. The van der Waals surface area contributed by atoms with Crippen LogP contribution < -0.4 is 4.74 Å². The van der Waals surface area contributed by atoms with Crippen LogP contribution in [0.25, 0.3) is 11.0 Å². The number of aliphatic hydroxyl groups excluding tert-OH is 1. The maximum absolute atomic E-state index is 11.1. The summed E-state index contributed by atoms with van der Waals surface area (Å²) in [5.41, 5.74) is 6.64. The smallest absolute Gasteiger partial charge is 0.143 e. The highest BCUT2D eigenvalue weighted by atomic mass is 16.5. The Morgan fingerprint density at radius 2 is 1.58 bits per heavy atom. The molecule has 1 N–H and O–H groups in total. The van der Waals surface area contributed by atoms with E-state index in [9.17, 15) is 5.11 Å². The zero-order valence-corrected chi connectivity index (χ0v) is 20.1. The number of ether oxygens (including phenoxy) is 1. The molecule has 0 aliphatic carbocycles. The molecular weight excluding hydrogens is 408 g/mol. The van der Waals surface area contributed by atoms with Gasteiger partial charge >= 0.3 is 0 Å². The van der Waals surface area contributed by atoms with E-state index in [1.807, 2.05) is 30.3 Å². The fraction of sp³-hybridized carbons (Fsp3) is 0.345. The zero-order chi connectivity index (χ0) is 23.4. The second kappa shape index (κ2) is 10.2. The summed E-state index contributed by atoms with van der Waals surface area (Å²) in [6.45, 7) is 10.1. The van der Waals surface area contributed by atoms with Gasteiger partial charge in [-0.3, -0.25) is 0 Å². The van der Waals surface area contributed by atoms with E-state index >= 15 is 0 Å². The molecule has 4 nitrogen and oxygen atoms in total. The van der Waals surface area contributed by atoms with Gasteiger partial charge in [0.15, 0.2) is 0 Å². The number of aryl methyl sites for hydroxylation is 3. The molecule has 3 aromatic carbocycles. The number of aliphatic hydroxyl groups is 1. The Bertz CT molecular complexity index is 1190. The van der Waals surface area contributed by atoms with Crippen molar-refractivity contribution in [1.82, 2.24) is 9.55 Å². The van der Waals surface area contributed by atoms with E-state index in [0.717, 1.165) is 41.7 Å². The predicted molar refractivity (Wildman–Crippen MR) is 135 cm³/mol. The molecule has 0 saturated carbocycles. The van der Waals surface area contributed by atoms with Crippen LogP contribution in [0.2, 0.25) is 0 Å². The minimum atomic E-state index is -0.755. The van der Waals surface area contributed by atoms with E-state index < -0.39 is 6.10 Å². The van der Waals surface area contributed by atoms with Gasteiger partial charge in [-0.1, -0.05) is 56.3 Å². The van der Waals surface area contributed by atoms with Gasteiger partial charge in [0.25, 0.3) is 0 Å². The van der Waals surface area contributed by atoms with Crippen LogP contribution in [-0.2, 0) is 6.54 Å². The molecule has 4 heteroatoms. The maximum atomic E-state index is 11.1. The second-order valence-electron chi connectivity index (χ2n) is 9.14. The SMILES string of the molecule is Cc1cc2nc(C(O)c3ccccc3)n(CCCCOc3ccc(C(C)C)cc3)c2cc1C. The predicted octanol–water partition coefficient (Wildman–Crippen LogP) is 6.72. The van der Waals surface area contributed by atoms with Crippen LogP contribution in [0.5, 0.6) is 5.75 Å². The lowest BCUT2D eigenvalue weighted by Gasteiger charge is -2.15. The Kier molecular flexibility index (Phi) is 7.14. The van der Waals surface area contributed by atoms with Gasteiger partial charge in [-0.25, -0.2) is 4.98 Å². The lowest BCUT2D eigenvalue weighted by molar-refractivity contribution is 0.204. The molecule has 0 radical (unpaired) electrons. The standard InChI is InChI=1S/C29H34N2O2/c1-20(2)23-12-14-25(15-13-23)33-17-9-8-16-31-27-19-22(4)21(3)18-26(27)30-29(31)28(32)24-10-6-5-7-11-24/h5-7,10-15,18-20,28,32H,8-9,16-17H2,1-4H3. The Balaban J connectivity index is 1.47. The van der Waals surface area contributed by atoms with Crippen molar-refractivity contribution in [2.45, 2.75) is 59.1 Å². The highest BCUT2D eigenvalue weighted by Gasteiger charge is 2.20. The van der Waals surface area contributed by atoms with Crippen LogP contribution in [0.1, 0.15) is 66.8 Å². The molecule has 1 aromatic heterocycles. The Labute approximate surface area is 196 Å². The summed E-state index contributed by atoms with van der Waals surface area (Å²) < 4.78 is 8.13. The summed E-state index contributed by atoms with van der Waals surface area (Å²) in [5.74, 6) is 2.14. The molecule has 33 heavy (non-hydrogen) atoms. The number of rotatable bonds is 9. The molecule has 0 spiro atoms. The number of hydrogen-bond donors (Lipinski definition) is 1. The first-order chi connectivity index (χ1) is 15.9. The van der Waals surface area contributed by atoms with Crippen molar-refractivity contribution in [1.29, 1.82) is 0 Å². The van der Waals surface area contributed by atoms with E-state index in [1.54, 1.807) is 0 Å². The molecule has 172 valence electrons. The quantitative estimate of drug-likeness (QED) is 0.293. The highest BCUT2D eigenvalue weighted by molar-refractivity contribution is 5.78. The Morgan fingerprint density at radius 1 is 0.879 bits per heavy atom. The zero-order valence-electron chi connectivity index (χ0n) is 20.1. The van der Waals surface area contributed by atoms with Gasteiger partial charge in [0.1, 0.15) is 17.7 Å². The highest BCUT2D eigenvalue weighted by Crippen LogP contribution is 2.28. The molecule has 0 saturated heterocycles. The average molecular weight is 443 g/mol. The average Bonchev–Trinajstić information content (AvgIpc) is 3.16. The van der Waals surface area contributed by atoms with Crippen molar-refractivity contribution < 1.29 is 9.84 Å². The molecule has 0 bridgehead atoms. The molecule has 0 fully saturated rings. The van der Waals surface area contributed by atoms with Gasteiger partial charge in [0, 0.05) is 6.54 Å². The van der Waals surface area contributed by atoms with Gasteiger partial charge in [-0.2, -0.15) is 0 Å². The van der Waals surface area contributed by atoms with Crippen LogP contribution in [0.15, 0.2) is 66.7 Å². The van der Waals surface area contributed by atoms with E-state index in [-0.39, 0.29) is 0 Å². The number of aromatic nitrogens is 2. The van der Waals surface area contributed by atoms with E-state index in [2.05, 4.69) is 68.7 Å². The van der Waals surface area contributed by atoms with Crippen LogP contribution in [0, 0.1) is 13.8 Å². The van der Waals surface area contributed by atoms with E-state index in [1.165, 1.54) is 16.7 Å². The molecule has 0 amide bonds. The summed E-state index contributed by atoms with van der Waals surface area (Å²) in [6, 6.07) is 22.4. The van der Waals surface area contributed by atoms with Gasteiger partial charge < -0.3 is 14.4 Å². The summed E-state index contributed by atoms with van der Waals surface area (Å²) in [4.78, 5) is 4.84. The van der Waals surface area contributed by atoms with Crippen molar-refractivity contribution in [2.24, 2.45) is 0 Å². The van der Waals surface area contributed by atoms with Crippen molar-refractivity contribution in [3.8, 4) is 5.75 Å². The fourth-order valence-corrected chi connectivity index (χ4v) is 4.14. The molecule has 1 heterocycles. The van der Waals surface area contributed by atoms with E-state index in [4.69, 9.17) is 9.72 Å².